The number of fused-ring (bicyclic) bond motifs is 1. The molecule has 0 aliphatic heterocycles. The number of alkyl halides is 3. The fraction of sp³-hybridized carbons (Fsp3) is 0.0833. The molecule has 0 radical (unpaired) electrons. The Hall–Kier alpha value is -4.54. The van der Waals surface area contributed by atoms with E-state index >= 15 is 0 Å². The number of nitrogens with one attached hydrogen (secondary N) is 2. The van der Waals surface area contributed by atoms with Gasteiger partial charge in [-0.3, -0.25) is 4.79 Å². The van der Waals surface area contributed by atoms with Gasteiger partial charge in [0, 0.05) is 28.9 Å². The van der Waals surface area contributed by atoms with Gasteiger partial charge in [0.1, 0.15) is 5.82 Å². The molecular formula is C24H16F4N6O. The second-order valence-electron chi connectivity index (χ2n) is 7.72. The lowest BCUT2D eigenvalue weighted by molar-refractivity contribution is -0.137. The smallest absolute Gasteiger partial charge is 0.359 e. The van der Waals surface area contributed by atoms with Gasteiger partial charge in [-0.25, -0.2) is 19.0 Å². The second-order valence-corrected chi connectivity index (χ2v) is 7.72. The van der Waals surface area contributed by atoms with Crippen LogP contribution in [0.1, 0.15) is 11.4 Å². The summed E-state index contributed by atoms with van der Waals surface area (Å²) < 4.78 is 52.9. The van der Waals surface area contributed by atoms with E-state index in [4.69, 9.17) is 0 Å². The van der Waals surface area contributed by atoms with Gasteiger partial charge in [-0.05, 0) is 42.0 Å². The monoisotopic (exact) mass is 480 g/mol. The highest BCUT2D eigenvalue weighted by Gasteiger charge is 2.30. The van der Waals surface area contributed by atoms with Gasteiger partial charge in [0.25, 0.3) is 0 Å². The molecule has 0 unspecified atom stereocenters. The highest BCUT2D eigenvalue weighted by molar-refractivity contribution is 6.03. The maximum Gasteiger partial charge on any atom is 0.416 e. The van der Waals surface area contributed by atoms with Gasteiger partial charge >= 0.3 is 6.18 Å². The first kappa shape index (κ1) is 22.3. The second kappa shape index (κ2) is 8.67. The lowest BCUT2D eigenvalue weighted by atomic mass is 10.1. The van der Waals surface area contributed by atoms with E-state index in [1.54, 1.807) is 18.6 Å². The number of hydrogen-bond donors (Lipinski definition) is 2. The quantitative estimate of drug-likeness (QED) is 0.341. The zero-order chi connectivity index (χ0) is 24.6. The van der Waals surface area contributed by atoms with Crippen LogP contribution >= 0.6 is 0 Å². The van der Waals surface area contributed by atoms with Crippen LogP contribution in [-0.4, -0.2) is 30.6 Å². The van der Waals surface area contributed by atoms with Crippen molar-refractivity contribution in [3.8, 4) is 16.8 Å². The minimum Gasteiger partial charge on any atom is -0.359 e. The number of benzene rings is 2. The minimum absolute atomic E-state index is 0.119. The number of nitrogens with zero attached hydrogens (tertiary/aromatic N) is 4. The molecule has 3 heterocycles. The first-order valence-corrected chi connectivity index (χ1v) is 10.4. The third-order valence-corrected chi connectivity index (χ3v) is 5.32. The molecule has 11 heteroatoms. The summed E-state index contributed by atoms with van der Waals surface area (Å²) in [7, 11) is 0. The van der Waals surface area contributed by atoms with Crippen molar-refractivity contribution < 1.29 is 22.4 Å². The van der Waals surface area contributed by atoms with Crippen LogP contribution in [0.15, 0.2) is 73.4 Å². The summed E-state index contributed by atoms with van der Waals surface area (Å²) in [6, 6.07) is 10.3. The Kier molecular flexibility index (Phi) is 5.51. The number of rotatable bonds is 5. The van der Waals surface area contributed by atoms with Crippen molar-refractivity contribution in [2.45, 2.75) is 12.6 Å². The summed E-state index contributed by atoms with van der Waals surface area (Å²) in [6.07, 6.45) is 2.45. The van der Waals surface area contributed by atoms with Crippen molar-refractivity contribution in [1.82, 2.24) is 24.7 Å². The molecule has 5 aromatic rings. The van der Waals surface area contributed by atoms with Crippen LogP contribution in [0.4, 0.5) is 23.2 Å². The van der Waals surface area contributed by atoms with Crippen LogP contribution < -0.4 is 5.32 Å². The molecule has 2 aromatic carbocycles. The Bertz CT molecular complexity index is 1500. The van der Waals surface area contributed by atoms with E-state index in [2.05, 4.69) is 25.4 Å². The van der Waals surface area contributed by atoms with Crippen molar-refractivity contribution >= 4 is 22.5 Å². The Morgan fingerprint density at radius 1 is 1.00 bits per heavy atom. The molecule has 0 spiro atoms. The Balaban J connectivity index is 1.36. The van der Waals surface area contributed by atoms with E-state index in [0.717, 1.165) is 46.6 Å². The van der Waals surface area contributed by atoms with E-state index < -0.39 is 17.6 Å². The molecule has 7 nitrogen and oxygen atoms in total. The molecule has 5 rings (SSSR count). The average molecular weight is 480 g/mol. The standard InChI is InChI=1S/C24H16F4N6O/c25-17-10-30-22(31-11-17)8-23(35)33-21-12-29-20-6-1-14(7-19(20)21)15-9-32-34(13-15)18-4-2-16(3-5-18)24(26,27)28/h1-7,9-13,29H,8H2,(H,33,35). The predicted octanol–water partition coefficient (Wildman–Crippen LogP) is 5.15. The summed E-state index contributed by atoms with van der Waals surface area (Å²) in [5.41, 5.74) is 2.63. The van der Waals surface area contributed by atoms with E-state index in [-0.39, 0.29) is 18.2 Å². The van der Waals surface area contributed by atoms with Gasteiger partial charge in [0.2, 0.25) is 5.91 Å². The number of aromatic nitrogens is 5. The number of hydrogen-bond acceptors (Lipinski definition) is 4. The van der Waals surface area contributed by atoms with E-state index in [0.29, 0.717) is 11.4 Å². The summed E-state index contributed by atoms with van der Waals surface area (Å²) in [6.45, 7) is 0. The van der Waals surface area contributed by atoms with Crippen LogP contribution in [0.3, 0.4) is 0 Å². The zero-order valence-corrected chi connectivity index (χ0v) is 17.8. The molecule has 2 N–H and O–H groups in total. The van der Waals surface area contributed by atoms with E-state index in [9.17, 15) is 22.4 Å². The molecule has 0 atom stereocenters. The minimum atomic E-state index is -4.40. The highest BCUT2D eigenvalue weighted by atomic mass is 19.4. The van der Waals surface area contributed by atoms with Crippen LogP contribution in [0.2, 0.25) is 0 Å². The van der Waals surface area contributed by atoms with Crippen LogP contribution in [-0.2, 0) is 17.4 Å². The van der Waals surface area contributed by atoms with Gasteiger partial charge in [0.05, 0.1) is 41.9 Å². The molecule has 1 amide bonds. The van der Waals surface area contributed by atoms with Crippen molar-refractivity contribution in [2.24, 2.45) is 0 Å². The topological polar surface area (TPSA) is 88.5 Å². The van der Waals surface area contributed by atoms with Crippen molar-refractivity contribution in [3.05, 3.63) is 90.7 Å². The van der Waals surface area contributed by atoms with Crippen molar-refractivity contribution in [1.29, 1.82) is 0 Å². The number of aromatic amines is 1. The third kappa shape index (κ3) is 4.74. The number of anilines is 1. The fourth-order valence-electron chi connectivity index (χ4n) is 3.59. The Morgan fingerprint density at radius 2 is 1.74 bits per heavy atom. The molecule has 0 aliphatic carbocycles. The number of amides is 1. The van der Waals surface area contributed by atoms with E-state index in [1.165, 1.54) is 16.8 Å². The molecule has 0 bridgehead atoms. The predicted molar refractivity (Wildman–Crippen MR) is 120 cm³/mol. The molecule has 0 aliphatic rings. The summed E-state index contributed by atoms with van der Waals surface area (Å²) in [4.78, 5) is 23.1. The SMILES string of the molecule is O=C(Cc1ncc(F)cn1)Nc1c[nH]c2ccc(-c3cnn(-c4ccc(C(F)(F)F)cc4)c3)cc12. The van der Waals surface area contributed by atoms with Gasteiger partial charge < -0.3 is 10.3 Å². The van der Waals surface area contributed by atoms with Gasteiger partial charge in [-0.1, -0.05) is 6.07 Å². The molecule has 0 saturated heterocycles. The fourth-order valence-corrected chi connectivity index (χ4v) is 3.59. The van der Waals surface area contributed by atoms with Crippen LogP contribution in [0, 0.1) is 5.82 Å². The summed E-state index contributed by atoms with van der Waals surface area (Å²) in [5.74, 6) is -0.752. The third-order valence-electron chi connectivity index (χ3n) is 5.32. The molecule has 0 saturated carbocycles. The molecular weight excluding hydrogens is 464 g/mol. The summed E-state index contributed by atoms with van der Waals surface area (Å²) >= 11 is 0. The van der Waals surface area contributed by atoms with Crippen molar-refractivity contribution in [3.63, 3.8) is 0 Å². The zero-order valence-electron chi connectivity index (χ0n) is 17.8. The van der Waals surface area contributed by atoms with Crippen LogP contribution in [0.25, 0.3) is 27.7 Å². The van der Waals surface area contributed by atoms with Gasteiger partial charge in [-0.15, -0.1) is 0 Å². The average Bonchev–Trinajstić information content (AvgIpc) is 3.48. The Morgan fingerprint density at radius 3 is 2.46 bits per heavy atom. The van der Waals surface area contributed by atoms with Crippen molar-refractivity contribution in [2.75, 3.05) is 5.32 Å². The Labute approximate surface area is 195 Å². The highest BCUT2D eigenvalue weighted by Crippen LogP contribution is 2.31. The van der Waals surface area contributed by atoms with Crippen LogP contribution in [0.5, 0.6) is 0 Å². The number of carbonyl (C=O) groups excluding carboxylic acids is 1. The van der Waals surface area contributed by atoms with Gasteiger partial charge in [-0.2, -0.15) is 18.3 Å². The molecule has 0 fully saturated rings. The molecule has 3 aromatic heterocycles. The maximum atomic E-state index is 13.0. The maximum absolute atomic E-state index is 13.0. The largest absolute Gasteiger partial charge is 0.416 e. The van der Waals surface area contributed by atoms with E-state index in [1.807, 2.05) is 18.2 Å². The summed E-state index contributed by atoms with van der Waals surface area (Å²) in [5, 5.41) is 7.81. The molecule has 35 heavy (non-hydrogen) atoms. The number of H-pyrrole nitrogens is 1. The normalized spacial score (nSPS) is 11.7. The lowest BCUT2D eigenvalue weighted by Gasteiger charge is -2.07. The first-order chi connectivity index (χ1) is 16.8. The first-order valence-electron chi connectivity index (χ1n) is 10.4. The number of carbonyl (C=O) groups is 1. The van der Waals surface area contributed by atoms with Gasteiger partial charge in [0.15, 0.2) is 5.82 Å². The lowest BCUT2D eigenvalue weighted by Crippen LogP contribution is -2.15. The molecule has 176 valence electrons. The number of halogens is 4.